The lowest BCUT2D eigenvalue weighted by atomic mass is 9.94. The molecule has 0 aliphatic carbocycles. The number of benzene rings is 1. The Labute approximate surface area is 104 Å². The predicted octanol–water partition coefficient (Wildman–Crippen LogP) is 4.08. The Morgan fingerprint density at radius 1 is 1.29 bits per heavy atom. The van der Waals surface area contributed by atoms with Crippen molar-refractivity contribution in [2.24, 2.45) is 0 Å². The van der Waals surface area contributed by atoms with E-state index in [4.69, 9.17) is 4.74 Å². The monoisotopic (exact) mass is 234 g/mol. The van der Waals surface area contributed by atoms with E-state index in [-0.39, 0.29) is 5.97 Å². The summed E-state index contributed by atoms with van der Waals surface area (Å²) in [5, 5.41) is 0. The van der Waals surface area contributed by atoms with E-state index in [1.807, 2.05) is 19.9 Å². The zero-order valence-electron chi connectivity index (χ0n) is 11.2. The van der Waals surface area contributed by atoms with E-state index in [0.717, 1.165) is 18.6 Å². The average Bonchev–Trinajstić information content (AvgIpc) is 2.39. The van der Waals surface area contributed by atoms with Crippen LogP contribution in [0.3, 0.4) is 0 Å². The molecule has 0 aromatic heterocycles. The van der Waals surface area contributed by atoms with E-state index in [1.54, 1.807) is 0 Å². The third kappa shape index (κ3) is 3.32. The second-order valence-corrected chi connectivity index (χ2v) is 4.15. The van der Waals surface area contributed by atoms with Crippen molar-refractivity contribution >= 4 is 5.97 Å². The van der Waals surface area contributed by atoms with Crippen LogP contribution in [0.2, 0.25) is 0 Å². The molecule has 17 heavy (non-hydrogen) atoms. The van der Waals surface area contributed by atoms with Crippen molar-refractivity contribution in [3.63, 3.8) is 0 Å². The minimum absolute atomic E-state index is 0.112. The fraction of sp³-hybridized carbons (Fsp3) is 0.533. The first-order valence-corrected chi connectivity index (χ1v) is 6.54. The summed E-state index contributed by atoms with van der Waals surface area (Å²) in [6.45, 7) is 8.40. The Balaban J connectivity index is 0.000000686. The molecule has 1 heterocycles. The maximum atomic E-state index is 11.1. The summed E-state index contributed by atoms with van der Waals surface area (Å²) in [6.07, 6.45) is 2.47. The predicted molar refractivity (Wildman–Crippen MR) is 70.5 cm³/mol. The largest absolute Gasteiger partial charge is 0.426 e. The molecule has 1 aromatic carbocycles. The third-order valence-electron chi connectivity index (χ3n) is 3.09. The summed E-state index contributed by atoms with van der Waals surface area (Å²) in [7, 11) is 0. The van der Waals surface area contributed by atoms with Gasteiger partial charge < -0.3 is 4.74 Å². The second-order valence-electron chi connectivity index (χ2n) is 4.15. The molecule has 1 unspecified atom stereocenters. The van der Waals surface area contributed by atoms with Gasteiger partial charge in [-0.05, 0) is 36.0 Å². The summed E-state index contributed by atoms with van der Waals surface area (Å²) >= 11 is 0. The van der Waals surface area contributed by atoms with Gasteiger partial charge in [-0.3, -0.25) is 4.79 Å². The number of aryl methyl sites for hydroxylation is 1. The number of ether oxygens (including phenoxy) is 1. The number of carbonyl (C=O) groups excluding carboxylic acids is 1. The van der Waals surface area contributed by atoms with Crippen molar-refractivity contribution < 1.29 is 9.53 Å². The third-order valence-corrected chi connectivity index (χ3v) is 3.09. The Kier molecular flexibility index (Phi) is 5.20. The Morgan fingerprint density at radius 3 is 2.65 bits per heavy atom. The highest BCUT2D eigenvalue weighted by molar-refractivity contribution is 5.75. The van der Waals surface area contributed by atoms with Crippen molar-refractivity contribution in [3.8, 4) is 5.75 Å². The first kappa shape index (κ1) is 13.8. The molecule has 1 aromatic rings. The molecule has 1 atom stereocenters. The van der Waals surface area contributed by atoms with Crippen LogP contribution in [-0.4, -0.2) is 5.97 Å². The number of hydrogen-bond acceptors (Lipinski definition) is 2. The molecule has 2 heteroatoms. The molecule has 0 spiro atoms. The van der Waals surface area contributed by atoms with E-state index in [0.29, 0.717) is 12.3 Å². The fourth-order valence-electron chi connectivity index (χ4n) is 1.85. The van der Waals surface area contributed by atoms with Gasteiger partial charge in [0.2, 0.25) is 0 Å². The first-order chi connectivity index (χ1) is 8.20. The summed E-state index contributed by atoms with van der Waals surface area (Å²) in [4.78, 5) is 11.1. The molecular formula is C15H22O2. The molecule has 0 N–H and O–H groups in total. The van der Waals surface area contributed by atoms with Crippen LogP contribution in [-0.2, 0) is 11.2 Å². The molecule has 1 aliphatic rings. The van der Waals surface area contributed by atoms with Crippen molar-refractivity contribution in [1.82, 2.24) is 0 Å². The van der Waals surface area contributed by atoms with Gasteiger partial charge in [-0.2, -0.15) is 0 Å². The summed E-state index contributed by atoms with van der Waals surface area (Å²) in [5.41, 5.74) is 2.52. The molecule has 0 fully saturated rings. The van der Waals surface area contributed by atoms with Gasteiger partial charge in [0.25, 0.3) is 0 Å². The highest BCUT2D eigenvalue weighted by atomic mass is 16.5. The Bertz CT molecular complexity index is 383. The summed E-state index contributed by atoms with van der Waals surface area (Å²) in [6, 6.07) is 6.16. The van der Waals surface area contributed by atoms with Crippen molar-refractivity contribution in [3.05, 3.63) is 29.3 Å². The normalized spacial score (nSPS) is 15.2. The lowest BCUT2D eigenvalue weighted by Crippen LogP contribution is -2.15. The summed E-state index contributed by atoms with van der Waals surface area (Å²) < 4.78 is 5.16. The molecule has 2 nitrogen and oxygen atoms in total. The van der Waals surface area contributed by atoms with Gasteiger partial charge in [0.1, 0.15) is 5.75 Å². The number of hydrogen-bond donors (Lipinski definition) is 0. The molecule has 0 bridgehead atoms. The zero-order valence-corrected chi connectivity index (χ0v) is 11.2. The molecule has 0 amide bonds. The topological polar surface area (TPSA) is 26.3 Å². The molecule has 0 saturated carbocycles. The Hall–Kier alpha value is -1.31. The number of fused-ring (bicyclic) bond motifs is 1. The average molecular weight is 234 g/mol. The van der Waals surface area contributed by atoms with Gasteiger partial charge in [-0.1, -0.05) is 39.8 Å². The number of esters is 1. The van der Waals surface area contributed by atoms with Crippen LogP contribution < -0.4 is 4.74 Å². The van der Waals surface area contributed by atoms with Gasteiger partial charge in [0.05, 0.1) is 6.42 Å². The highest BCUT2D eigenvalue weighted by Crippen LogP contribution is 2.29. The second kappa shape index (κ2) is 6.43. The maximum Gasteiger partial charge on any atom is 0.311 e. The molecule has 0 saturated heterocycles. The van der Waals surface area contributed by atoms with Crippen molar-refractivity contribution in [2.45, 2.75) is 52.9 Å². The minimum Gasteiger partial charge on any atom is -0.426 e. The van der Waals surface area contributed by atoms with Gasteiger partial charge in [-0.25, -0.2) is 0 Å². The number of carbonyl (C=O) groups is 1. The summed E-state index contributed by atoms with van der Waals surface area (Å²) in [5.74, 6) is 1.21. The van der Waals surface area contributed by atoms with Gasteiger partial charge in [0, 0.05) is 0 Å². The lowest BCUT2D eigenvalue weighted by Gasteiger charge is -2.18. The highest BCUT2D eigenvalue weighted by Gasteiger charge is 2.17. The zero-order chi connectivity index (χ0) is 12.8. The van der Waals surface area contributed by atoms with Gasteiger partial charge in [0.15, 0.2) is 0 Å². The van der Waals surface area contributed by atoms with E-state index in [9.17, 15) is 4.79 Å². The fourth-order valence-corrected chi connectivity index (χ4v) is 1.85. The Morgan fingerprint density at radius 2 is 2.00 bits per heavy atom. The minimum atomic E-state index is -0.112. The smallest absolute Gasteiger partial charge is 0.311 e. The van der Waals surface area contributed by atoms with Crippen LogP contribution in [0.25, 0.3) is 0 Å². The van der Waals surface area contributed by atoms with Crippen LogP contribution in [0.5, 0.6) is 5.75 Å². The van der Waals surface area contributed by atoms with Crippen molar-refractivity contribution in [2.75, 3.05) is 0 Å². The maximum absolute atomic E-state index is 11.1. The van der Waals surface area contributed by atoms with Crippen molar-refractivity contribution in [1.29, 1.82) is 0 Å². The SMILES string of the molecule is CC.CCC(C)c1ccc2c(c1)CCC(=O)O2. The van der Waals surface area contributed by atoms with Crippen LogP contribution in [0.4, 0.5) is 0 Å². The molecule has 1 aliphatic heterocycles. The van der Waals surface area contributed by atoms with Gasteiger partial charge >= 0.3 is 5.97 Å². The van der Waals surface area contributed by atoms with E-state index < -0.39 is 0 Å². The van der Waals surface area contributed by atoms with Crippen LogP contribution >= 0.6 is 0 Å². The molecule has 0 radical (unpaired) electrons. The van der Waals surface area contributed by atoms with Crippen LogP contribution in [0, 0.1) is 0 Å². The van der Waals surface area contributed by atoms with E-state index >= 15 is 0 Å². The standard InChI is InChI=1S/C13H16O2.C2H6/c1-3-9(2)10-4-6-12-11(8-10)5-7-13(14)15-12;1-2/h4,6,8-9H,3,5,7H2,1-2H3;1-2H3. The number of rotatable bonds is 2. The molecular weight excluding hydrogens is 212 g/mol. The van der Waals surface area contributed by atoms with Gasteiger partial charge in [-0.15, -0.1) is 0 Å². The quantitative estimate of drug-likeness (QED) is 0.569. The van der Waals surface area contributed by atoms with E-state index in [1.165, 1.54) is 11.1 Å². The first-order valence-electron chi connectivity index (χ1n) is 6.54. The molecule has 2 rings (SSSR count). The van der Waals surface area contributed by atoms with Crippen LogP contribution in [0.1, 0.15) is 57.6 Å². The van der Waals surface area contributed by atoms with E-state index in [2.05, 4.69) is 26.0 Å². The van der Waals surface area contributed by atoms with Crippen LogP contribution in [0.15, 0.2) is 18.2 Å². The lowest BCUT2D eigenvalue weighted by molar-refractivity contribution is -0.135. The molecule has 94 valence electrons.